The van der Waals surface area contributed by atoms with Gasteiger partial charge in [0.1, 0.15) is 17.3 Å². The monoisotopic (exact) mass is 837 g/mol. The van der Waals surface area contributed by atoms with E-state index < -0.39 is 5.41 Å². The lowest BCUT2D eigenvalue weighted by molar-refractivity contribution is -0.142. The Kier molecular flexibility index (Phi) is 39.5. The van der Waals surface area contributed by atoms with E-state index in [0.717, 1.165) is 25.7 Å². The number of Topliss-reactive ketones (excluding diaryl/α,β-unsaturated/α-hetero) is 3. The smallest absolute Gasteiger partial charge is 0.307 e. The number of hydrogen-bond acceptors (Lipinski definition) is 17. The lowest BCUT2D eigenvalue weighted by atomic mass is 9.84. The molecule has 0 aromatic heterocycles. The number of rotatable bonds is 46. The molecule has 18 nitrogen and oxygen atoms in total. The second-order valence-corrected chi connectivity index (χ2v) is 13.8. The zero-order valence-electron chi connectivity index (χ0n) is 35.3. The summed E-state index contributed by atoms with van der Waals surface area (Å²) in [6.07, 6.45) is 5.47. The van der Waals surface area contributed by atoms with Crippen molar-refractivity contribution >= 4 is 29.2 Å². The summed E-state index contributed by atoms with van der Waals surface area (Å²) in [6, 6.07) is 0. The molecule has 0 bridgehead atoms. The molecule has 0 heterocycles. The number of ketones is 3. The quantitative estimate of drug-likeness (QED) is 0.0493. The van der Waals surface area contributed by atoms with E-state index in [1.807, 2.05) is 0 Å². The highest BCUT2D eigenvalue weighted by atomic mass is 16.6. The zero-order valence-corrected chi connectivity index (χ0v) is 35.3. The summed E-state index contributed by atoms with van der Waals surface area (Å²) >= 11 is 0. The summed E-state index contributed by atoms with van der Waals surface area (Å²) in [5.41, 5.74) is 15.7. The highest BCUT2D eigenvalue weighted by Crippen LogP contribution is 2.26. The van der Waals surface area contributed by atoms with E-state index in [4.69, 9.17) is 55.1 Å². The third kappa shape index (κ3) is 36.6. The fourth-order valence-corrected chi connectivity index (χ4v) is 5.21. The van der Waals surface area contributed by atoms with Crippen molar-refractivity contribution in [2.45, 2.75) is 83.5 Å². The molecule has 0 fully saturated rings. The van der Waals surface area contributed by atoms with Crippen molar-refractivity contribution in [1.29, 1.82) is 0 Å². The van der Waals surface area contributed by atoms with Gasteiger partial charge in [0, 0.05) is 56.9 Å². The normalized spacial score (nSPS) is 11.5. The SMILES string of the molecule is COC(=O)CCOCCOCCOCCOCCOCCC(=O)CC(COCCC(=O)CCCCN)(COCCC(=O)CCCCN)COCCC(=O)NCCCN. The molecule has 0 aliphatic carbocycles. The third-order valence-corrected chi connectivity index (χ3v) is 8.53. The highest BCUT2D eigenvalue weighted by molar-refractivity contribution is 5.79. The summed E-state index contributed by atoms with van der Waals surface area (Å²) < 4.78 is 49.9. The second-order valence-electron chi connectivity index (χ2n) is 13.8. The number of nitrogens with one attached hydrogen (secondary N) is 1. The molecule has 0 saturated heterocycles. The van der Waals surface area contributed by atoms with Gasteiger partial charge in [0.15, 0.2) is 0 Å². The minimum atomic E-state index is -0.939. The van der Waals surface area contributed by atoms with Crippen LogP contribution in [0.3, 0.4) is 0 Å². The summed E-state index contributed by atoms with van der Waals surface area (Å²) in [5, 5.41) is 2.79. The Hall–Kier alpha value is -2.49. The fraction of sp³-hybridized carbons (Fsp3) is 0.875. The van der Waals surface area contributed by atoms with E-state index in [0.29, 0.717) is 98.3 Å². The minimum Gasteiger partial charge on any atom is -0.469 e. The number of carbonyl (C=O) groups excluding carboxylic acids is 5. The second kappa shape index (κ2) is 41.3. The van der Waals surface area contributed by atoms with Gasteiger partial charge >= 0.3 is 5.97 Å². The first-order chi connectivity index (χ1) is 28.2. The molecular formula is C40H76N4O14. The van der Waals surface area contributed by atoms with Gasteiger partial charge in [-0.15, -0.1) is 0 Å². The van der Waals surface area contributed by atoms with E-state index >= 15 is 0 Å². The van der Waals surface area contributed by atoms with Crippen LogP contribution in [0.15, 0.2) is 0 Å². The van der Waals surface area contributed by atoms with E-state index in [-0.39, 0.29) is 121 Å². The minimum absolute atomic E-state index is 0.0356. The van der Waals surface area contributed by atoms with Crippen LogP contribution in [0.2, 0.25) is 0 Å². The predicted octanol–water partition coefficient (Wildman–Crippen LogP) is 1.05. The van der Waals surface area contributed by atoms with Crippen LogP contribution in [-0.4, -0.2) is 168 Å². The average molecular weight is 837 g/mol. The number of carbonyl (C=O) groups is 5. The number of unbranched alkanes of at least 4 members (excludes halogenated alkanes) is 2. The molecule has 18 heteroatoms. The number of ether oxygens (including phenoxy) is 9. The van der Waals surface area contributed by atoms with E-state index in [2.05, 4.69) is 10.1 Å². The Morgan fingerprint density at radius 3 is 1.24 bits per heavy atom. The molecule has 1 amide bonds. The molecule has 0 rings (SSSR count). The Morgan fingerprint density at radius 2 is 0.810 bits per heavy atom. The topological polar surface area (TPSA) is 259 Å². The van der Waals surface area contributed by atoms with Gasteiger partial charge in [0.05, 0.1) is 119 Å². The van der Waals surface area contributed by atoms with Gasteiger partial charge in [-0.2, -0.15) is 0 Å². The van der Waals surface area contributed by atoms with Gasteiger partial charge in [0.25, 0.3) is 0 Å². The van der Waals surface area contributed by atoms with Gasteiger partial charge in [-0.25, -0.2) is 0 Å². The van der Waals surface area contributed by atoms with Crippen LogP contribution in [-0.2, 0) is 66.6 Å². The predicted molar refractivity (Wildman–Crippen MR) is 216 cm³/mol. The average Bonchev–Trinajstić information content (AvgIpc) is 3.21. The van der Waals surface area contributed by atoms with Crippen LogP contribution in [0.4, 0.5) is 0 Å². The van der Waals surface area contributed by atoms with Gasteiger partial charge < -0.3 is 65.1 Å². The van der Waals surface area contributed by atoms with Crippen molar-refractivity contribution in [1.82, 2.24) is 5.32 Å². The highest BCUT2D eigenvalue weighted by Gasteiger charge is 2.34. The van der Waals surface area contributed by atoms with Crippen molar-refractivity contribution in [3.8, 4) is 0 Å². The molecule has 0 radical (unpaired) electrons. The molecular weight excluding hydrogens is 760 g/mol. The van der Waals surface area contributed by atoms with Crippen molar-refractivity contribution in [2.24, 2.45) is 22.6 Å². The maximum atomic E-state index is 13.4. The number of nitrogens with two attached hydrogens (primary N) is 3. The van der Waals surface area contributed by atoms with Gasteiger partial charge in [-0.1, -0.05) is 0 Å². The Labute approximate surface area is 345 Å². The van der Waals surface area contributed by atoms with Crippen molar-refractivity contribution in [3.63, 3.8) is 0 Å². The number of amides is 1. The van der Waals surface area contributed by atoms with E-state index in [1.54, 1.807) is 0 Å². The van der Waals surface area contributed by atoms with Crippen LogP contribution < -0.4 is 22.5 Å². The van der Waals surface area contributed by atoms with Crippen LogP contribution in [0.5, 0.6) is 0 Å². The molecule has 7 N–H and O–H groups in total. The summed E-state index contributed by atoms with van der Waals surface area (Å²) in [7, 11) is 1.33. The first kappa shape index (κ1) is 55.5. The molecule has 0 aromatic rings. The van der Waals surface area contributed by atoms with Gasteiger partial charge in [0.2, 0.25) is 5.91 Å². The third-order valence-electron chi connectivity index (χ3n) is 8.53. The molecule has 0 saturated carbocycles. The van der Waals surface area contributed by atoms with Crippen molar-refractivity contribution in [2.75, 3.05) is 139 Å². The van der Waals surface area contributed by atoms with Crippen LogP contribution in [0.25, 0.3) is 0 Å². The first-order valence-electron chi connectivity index (χ1n) is 20.8. The Morgan fingerprint density at radius 1 is 0.431 bits per heavy atom. The number of esters is 1. The van der Waals surface area contributed by atoms with Gasteiger partial charge in [-0.05, 0) is 51.7 Å². The molecule has 58 heavy (non-hydrogen) atoms. The Balaban J connectivity index is 4.93. The summed E-state index contributed by atoms with van der Waals surface area (Å²) in [4.78, 5) is 61.3. The largest absolute Gasteiger partial charge is 0.469 e. The fourth-order valence-electron chi connectivity index (χ4n) is 5.21. The van der Waals surface area contributed by atoms with Crippen LogP contribution >= 0.6 is 0 Å². The van der Waals surface area contributed by atoms with Crippen molar-refractivity contribution in [3.05, 3.63) is 0 Å². The molecule has 0 aliphatic rings. The van der Waals surface area contributed by atoms with E-state index in [1.165, 1.54) is 7.11 Å². The maximum Gasteiger partial charge on any atom is 0.307 e. The first-order valence-corrected chi connectivity index (χ1v) is 20.8. The standard InChI is InChI=1S/C40H76N4O14/c1-50-39(49)13-22-52-24-26-54-28-30-55-29-27-53-25-23-51-18-11-37(47)31-40(32-56-19-9-35(45)7-2-4-14-41,33-57-20-10-36(46)8-3-5-15-42)34-58-21-12-38(48)44-17-6-16-43/h2-34,41-43H2,1H3,(H,44,48). The van der Waals surface area contributed by atoms with Gasteiger partial charge in [-0.3, -0.25) is 24.0 Å². The number of hydrogen-bond donors (Lipinski definition) is 4. The maximum absolute atomic E-state index is 13.4. The van der Waals surface area contributed by atoms with Crippen molar-refractivity contribution < 1.29 is 66.6 Å². The molecule has 0 aliphatic heterocycles. The lowest BCUT2D eigenvalue weighted by Gasteiger charge is -2.33. The van der Waals surface area contributed by atoms with E-state index in [9.17, 15) is 24.0 Å². The molecule has 340 valence electrons. The summed E-state index contributed by atoms with van der Waals surface area (Å²) in [5.74, 6) is -0.443. The lowest BCUT2D eigenvalue weighted by Crippen LogP contribution is -2.40. The molecule has 0 unspecified atom stereocenters. The molecule has 0 spiro atoms. The Bertz CT molecular complexity index is 966. The molecule has 0 atom stereocenters. The van der Waals surface area contributed by atoms with Crippen LogP contribution in [0, 0.1) is 5.41 Å². The summed E-state index contributed by atoms with van der Waals surface area (Å²) in [6.45, 7) is 6.05. The van der Waals surface area contributed by atoms with Crippen LogP contribution in [0.1, 0.15) is 83.5 Å². The molecule has 0 aromatic carbocycles. The number of methoxy groups -OCH3 is 1. The zero-order chi connectivity index (χ0) is 42.8.